The van der Waals surface area contributed by atoms with Crippen molar-refractivity contribution in [2.75, 3.05) is 17.2 Å². The number of benzene rings is 3. The molecular formula is C25H20F2N2O2S. The van der Waals surface area contributed by atoms with Crippen LogP contribution in [0.2, 0.25) is 0 Å². The lowest BCUT2D eigenvalue weighted by atomic mass is 10.0. The fourth-order valence-electron chi connectivity index (χ4n) is 4.46. The molecule has 7 heteroatoms. The number of amides is 2. The van der Waals surface area contributed by atoms with Crippen LogP contribution in [0, 0.1) is 18.6 Å². The Kier molecular flexibility index (Phi) is 5.01. The summed E-state index contributed by atoms with van der Waals surface area (Å²) in [6.07, 6.45) is 0. The number of hydrogen-bond acceptors (Lipinski definition) is 3. The third-order valence-electron chi connectivity index (χ3n) is 5.95. The van der Waals surface area contributed by atoms with E-state index in [0.717, 1.165) is 5.56 Å². The molecule has 0 aliphatic carbocycles. The monoisotopic (exact) mass is 450 g/mol. The zero-order chi connectivity index (χ0) is 22.5. The van der Waals surface area contributed by atoms with Crippen molar-refractivity contribution in [2.45, 2.75) is 18.3 Å². The molecular weight excluding hydrogens is 430 g/mol. The van der Waals surface area contributed by atoms with Gasteiger partial charge in [-0.3, -0.25) is 9.59 Å². The van der Waals surface area contributed by atoms with E-state index in [1.807, 2.05) is 25.1 Å². The molecule has 0 N–H and O–H groups in total. The summed E-state index contributed by atoms with van der Waals surface area (Å²) < 4.78 is 28.2. The first-order valence-corrected chi connectivity index (χ1v) is 11.3. The first-order chi connectivity index (χ1) is 15.4. The number of rotatable bonds is 3. The Morgan fingerprint density at radius 1 is 1.06 bits per heavy atom. The van der Waals surface area contributed by atoms with Crippen LogP contribution in [-0.4, -0.2) is 29.0 Å². The van der Waals surface area contributed by atoms with Crippen LogP contribution < -0.4 is 4.90 Å². The lowest BCUT2D eigenvalue weighted by molar-refractivity contribution is -0.123. The third-order valence-corrected chi connectivity index (χ3v) is 7.37. The minimum atomic E-state index is -1.25. The average molecular weight is 451 g/mol. The van der Waals surface area contributed by atoms with Gasteiger partial charge in [-0.15, -0.1) is 11.8 Å². The van der Waals surface area contributed by atoms with Gasteiger partial charge in [0, 0.05) is 29.0 Å². The molecule has 3 aromatic rings. The molecule has 2 aliphatic heterocycles. The number of carbonyl (C=O) groups is 2. The molecule has 2 heterocycles. The van der Waals surface area contributed by atoms with Gasteiger partial charge in [0.15, 0.2) is 4.87 Å². The van der Waals surface area contributed by atoms with Crippen LogP contribution in [0.5, 0.6) is 0 Å². The highest BCUT2D eigenvalue weighted by atomic mass is 32.2. The maximum Gasteiger partial charge on any atom is 0.268 e. The Balaban J connectivity index is 1.61. The van der Waals surface area contributed by atoms with E-state index in [2.05, 4.69) is 0 Å². The van der Waals surface area contributed by atoms with Crippen LogP contribution in [0.3, 0.4) is 0 Å². The van der Waals surface area contributed by atoms with E-state index in [1.165, 1.54) is 40.9 Å². The van der Waals surface area contributed by atoms with E-state index in [-0.39, 0.29) is 23.8 Å². The Morgan fingerprint density at radius 2 is 1.88 bits per heavy atom. The number of anilines is 1. The summed E-state index contributed by atoms with van der Waals surface area (Å²) >= 11 is 1.39. The van der Waals surface area contributed by atoms with Gasteiger partial charge in [0.25, 0.3) is 11.8 Å². The molecule has 0 aromatic heterocycles. The van der Waals surface area contributed by atoms with Gasteiger partial charge < -0.3 is 9.80 Å². The Bertz CT molecular complexity index is 1250. The van der Waals surface area contributed by atoms with E-state index < -0.39 is 16.6 Å². The first-order valence-electron chi connectivity index (χ1n) is 10.3. The molecule has 1 fully saturated rings. The summed E-state index contributed by atoms with van der Waals surface area (Å²) in [7, 11) is 0. The lowest BCUT2D eigenvalue weighted by Gasteiger charge is -2.33. The van der Waals surface area contributed by atoms with E-state index in [1.54, 1.807) is 29.2 Å². The van der Waals surface area contributed by atoms with Crippen LogP contribution in [0.15, 0.2) is 66.7 Å². The van der Waals surface area contributed by atoms with Crippen molar-refractivity contribution in [1.82, 2.24) is 4.90 Å². The molecule has 1 atom stereocenters. The Morgan fingerprint density at radius 3 is 2.66 bits per heavy atom. The summed E-state index contributed by atoms with van der Waals surface area (Å²) in [6, 6.07) is 17.5. The van der Waals surface area contributed by atoms with E-state index in [4.69, 9.17) is 0 Å². The number of hydrogen-bond donors (Lipinski definition) is 0. The second-order valence-corrected chi connectivity index (χ2v) is 9.25. The maximum atomic E-state index is 14.4. The van der Waals surface area contributed by atoms with Crippen molar-refractivity contribution < 1.29 is 18.4 Å². The molecule has 4 nitrogen and oxygen atoms in total. The van der Waals surface area contributed by atoms with Gasteiger partial charge in [0.2, 0.25) is 0 Å². The molecule has 2 aliphatic rings. The predicted molar refractivity (Wildman–Crippen MR) is 120 cm³/mol. The van der Waals surface area contributed by atoms with Crippen LogP contribution in [0.4, 0.5) is 14.5 Å². The molecule has 0 saturated carbocycles. The molecule has 0 radical (unpaired) electrons. The number of fused-ring (bicyclic) bond motifs is 2. The molecule has 1 spiro atoms. The average Bonchev–Trinajstić information content (AvgIpc) is 3.32. The minimum Gasteiger partial charge on any atom is -0.311 e. The number of thioether (sulfide) groups is 1. The van der Waals surface area contributed by atoms with Crippen LogP contribution in [0.1, 0.15) is 27.0 Å². The predicted octanol–water partition coefficient (Wildman–Crippen LogP) is 4.86. The molecule has 0 bridgehead atoms. The fourth-order valence-corrected chi connectivity index (χ4v) is 5.91. The Hall–Kier alpha value is -3.19. The highest BCUT2D eigenvalue weighted by molar-refractivity contribution is 8.01. The zero-order valence-corrected chi connectivity index (χ0v) is 18.2. The van der Waals surface area contributed by atoms with Crippen molar-refractivity contribution >= 4 is 29.3 Å². The van der Waals surface area contributed by atoms with Crippen molar-refractivity contribution in [1.29, 1.82) is 0 Å². The van der Waals surface area contributed by atoms with Gasteiger partial charge >= 0.3 is 0 Å². The molecule has 3 aromatic carbocycles. The van der Waals surface area contributed by atoms with Crippen molar-refractivity contribution in [3.8, 4) is 0 Å². The quantitative estimate of drug-likeness (QED) is 0.572. The fraction of sp³-hybridized carbons (Fsp3) is 0.200. The van der Waals surface area contributed by atoms with Crippen molar-refractivity contribution in [3.05, 3.63) is 101 Å². The maximum absolute atomic E-state index is 14.4. The number of carbonyl (C=O) groups excluding carboxylic acids is 2. The summed E-state index contributed by atoms with van der Waals surface area (Å²) in [5.41, 5.74) is 2.92. The standard InChI is InChI=1S/C25H20F2N2O2S/c1-16-9-10-22-20(13-16)25(24(31)28(22)15-18-5-2-3-8-21(18)27)29(11-12-32-25)23(30)17-6-4-7-19(26)14-17/h2-10,13-14H,11-12,15H2,1H3/t25-/m0/s1. The van der Waals surface area contributed by atoms with Gasteiger partial charge in [0.1, 0.15) is 11.6 Å². The summed E-state index contributed by atoms with van der Waals surface area (Å²) in [6.45, 7) is 2.34. The van der Waals surface area contributed by atoms with Gasteiger partial charge in [-0.2, -0.15) is 0 Å². The number of aryl methyl sites for hydroxylation is 1. The normalized spacial score (nSPS) is 19.7. The van der Waals surface area contributed by atoms with Crippen LogP contribution in [-0.2, 0) is 16.2 Å². The van der Waals surface area contributed by atoms with Crippen LogP contribution >= 0.6 is 11.8 Å². The Labute approximate surface area is 188 Å². The summed E-state index contributed by atoms with van der Waals surface area (Å²) in [4.78, 5) is 29.2. The number of nitrogens with zero attached hydrogens (tertiary/aromatic N) is 2. The third kappa shape index (κ3) is 3.11. The molecule has 2 amide bonds. The molecule has 5 rings (SSSR count). The van der Waals surface area contributed by atoms with Gasteiger partial charge in [-0.1, -0.05) is 42.0 Å². The van der Waals surface area contributed by atoms with E-state index in [0.29, 0.717) is 29.1 Å². The highest BCUT2D eigenvalue weighted by Gasteiger charge is 2.59. The SMILES string of the molecule is Cc1ccc2c(c1)[C@]1(SCCN1C(=O)c1cccc(F)c1)C(=O)N2Cc1ccccc1F. The first kappa shape index (κ1) is 20.7. The molecule has 0 unspecified atom stereocenters. The van der Waals surface area contributed by atoms with Crippen molar-refractivity contribution in [2.24, 2.45) is 0 Å². The van der Waals surface area contributed by atoms with E-state index >= 15 is 0 Å². The largest absolute Gasteiger partial charge is 0.311 e. The lowest BCUT2D eigenvalue weighted by Crippen LogP contribution is -2.50. The second-order valence-electron chi connectivity index (χ2n) is 7.96. The summed E-state index contributed by atoms with van der Waals surface area (Å²) in [5, 5.41) is 0. The zero-order valence-electron chi connectivity index (χ0n) is 17.3. The molecule has 162 valence electrons. The van der Waals surface area contributed by atoms with Gasteiger partial charge in [-0.25, -0.2) is 8.78 Å². The number of halogens is 2. The summed E-state index contributed by atoms with van der Waals surface area (Å²) in [5.74, 6) is -1.02. The minimum absolute atomic E-state index is 0.0614. The van der Waals surface area contributed by atoms with Crippen LogP contribution in [0.25, 0.3) is 0 Å². The molecule has 1 saturated heterocycles. The van der Waals surface area contributed by atoms with E-state index in [9.17, 15) is 18.4 Å². The smallest absolute Gasteiger partial charge is 0.268 e. The molecule has 32 heavy (non-hydrogen) atoms. The van der Waals surface area contributed by atoms with Gasteiger partial charge in [0.05, 0.1) is 12.2 Å². The van der Waals surface area contributed by atoms with Crippen molar-refractivity contribution in [3.63, 3.8) is 0 Å². The van der Waals surface area contributed by atoms with Gasteiger partial charge in [-0.05, 0) is 37.3 Å². The second kappa shape index (κ2) is 7.74. The topological polar surface area (TPSA) is 40.6 Å². The highest BCUT2D eigenvalue weighted by Crippen LogP contribution is 2.55.